The third-order valence-electron chi connectivity index (χ3n) is 3.70. The maximum Gasteiger partial charge on any atom is 0.339 e. The fourth-order valence-corrected chi connectivity index (χ4v) is 4.23. The number of hydrogen-bond donors (Lipinski definition) is 1. The molecular formula is C14H14N4O2S. The highest BCUT2D eigenvalue weighted by Crippen LogP contribution is 2.37. The minimum Gasteiger partial charge on any atom is -0.478 e. The smallest absolute Gasteiger partial charge is 0.339 e. The molecule has 108 valence electrons. The van der Waals surface area contributed by atoms with Crippen molar-refractivity contribution in [3.63, 3.8) is 0 Å². The van der Waals surface area contributed by atoms with E-state index in [0.717, 1.165) is 36.1 Å². The second-order valence-electron chi connectivity index (χ2n) is 5.03. The Morgan fingerprint density at radius 1 is 1.43 bits per heavy atom. The van der Waals surface area contributed by atoms with Crippen molar-refractivity contribution in [2.75, 3.05) is 0 Å². The number of fused-ring (bicyclic) bond motifs is 1. The average molecular weight is 302 g/mol. The molecule has 2 heterocycles. The predicted octanol–water partition coefficient (Wildman–Crippen LogP) is 2.28. The number of carboxylic acids is 1. The van der Waals surface area contributed by atoms with Gasteiger partial charge < -0.3 is 5.11 Å². The number of hydrogen-bond acceptors (Lipinski definition) is 5. The first-order chi connectivity index (χ1) is 10.1. The van der Waals surface area contributed by atoms with Gasteiger partial charge >= 0.3 is 5.97 Å². The summed E-state index contributed by atoms with van der Waals surface area (Å²) in [7, 11) is 0. The maximum atomic E-state index is 11.7. The Labute approximate surface area is 125 Å². The second-order valence-corrected chi connectivity index (χ2v) is 6.11. The molecule has 0 saturated heterocycles. The Bertz CT molecular complexity index is 754. The number of aromatic carboxylic acids is 1. The molecule has 0 radical (unpaired) electrons. The first-order valence-corrected chi connectivity index (χ1v) is 7.61. The van der Waals surface area contributed by atoms with Crippen molar-refractivity contribution in [3.05, 3.63) is 27.7 Å². The van der Waals surface area contributed by atoms with E-state index in [1.807, 2.05) is 0 Å². The van der Waals surface area contributed by atoms with E-state index in [0.29, 0.717) is 22.2 Å². The van der Waals surface area contributed by atoms with E-state index in [1.165, 1.54) is 11.3 Å². The zero-order valence-corrected chi connectivity index (χ0v) is 12.4. The number of nitrogens with zero attached hydrogens (tertiary/aromatic N) is 4. The Morgan fingerprint density at radius 3 is 2.90 bits per heavy atom. The molecule has 0 saturated carbocycles. The largest absolute Gasteiger partial charge is 0.478 e. The highest BCUT2D eigenvalue weighted by molar-refractivity contribution is 7.15. The van der Waals surface area contributed by atoms with Crippen LogP contribution in [0.1, 0.15) is 45.3 Å². The SMILES string of the molecule is Cc1nnc(CC#N)n1-c1sc2c(c1C(=O)O)CCCC2. The van der Waals surface area contributed by atoms with Crippen LogP contribution < -0.4 is 0 Å². The number of carbonyl (C=O) groups is 1. The summed E-state index contributed by atoms with van der Waals surface area (Å²) in [5, 5.41) is 27.1. The Kier molecular flexibility index (Phi) is 3.47. The van der Waals surface area contributed by atoms with Gasteiger partial charge in [-0.1, -0.05) is 0 Å². The van der Waals surface area contributed by atoms with Crippen LogP contribution in [0.3, 0.4) is 0 Å². The highest BCUT2D eigenvalue weighted by atomic mass is 32.1. The van der Waals surface area contributed by atoms with Crippen molar-refractivity contribution < 1.29 is 9.90 Å². The van der Waals surface area contributed by atoms with Crippen molar-refractivity contribution in [1.82, 2.24) is 14.8 Å². The number of carboxylic acid groups (broad SMARTS) is 1. The van der Waals surface area contributed by atoms with Crippen molar-refractivity contribution in [3.8, 4) is 11.1 Å². The molecule has 0 bridgehead atoms. The lowest BCUT2D eigenvalue weighted by atomic mass is 9.95. The summed E-state index contributed by atoms with van der Waals surface area (Å²) in [4.78, 5) is 12.9. The molecule has 0 fully saturated rings. The molecule has 3 rings (SSSR count). The standard InChI is InChI=1S/C14H14N4O2S/c1-8-16-17-11(6-7-15)18(8)13-12(14(19)20)9-4-2-3-5-10(9)21-13/h2-6H2,1H3,(H,19,20). The normalized spacial score (nSPS) is 13.7. The summed E-state index contributed by atoms with van der Waals surface area (Å²) in [5.74, 6) is 0.192. The topological polar surface area (TPSA) is 91.8 Å². The number of thiophene rings is 1. The summed E-state index contributed by atoms with van der Waals surface area (Å²) < 4.78 is 1.72. The van der Waals surface area contributed by atoms with Crippen molar-refractivity contribution in [1.29, 1.82) is 5.26 Å². The Hall–Kier alpha value is -2.20. The third kappa shape index (κ3) is 2.21. The maximum absolute atomic E-state index is 11.7. The lowest BCUT2D eigenvalue weighted by Gasteiger charge is -2.11. The second kappa shape index (κ2) is 5.30. The van der Waals surface area contributed by atoms with Crippen molar-refractivity contribution in [2.24, 2.45) is 0 Å². The fraction of sp³-hybridized carbons (Fsp3) is 0.429. The molecule has 1 N–H and O–H groups in total. The van der Waals surface area contributed by atoms with Gasteiger partial charge in [-0.3, -0.25) is 4.57 Å². The molecule has 0 spiro atoms. The molecule has 1 aliphatic carbocycles. The van der Waals surface area contributed by atoms with Crippen LogP contribution in [0.4, 0.5) is 0 Å². The monoisotopic (exact) mass is 302 g/mol. The van der Waals surface area contributed by atoms with Crippen LogP contribution in [0, 0.1) is 18.3 Å². The number of aromatic nitrogens is 3. The van der Waals surface area contributed by atoms with Crippen LogP contribution in [-0.2, 0) is 19.3 Å². The first-order valence-electron chi connectivity index (χ1n) is 6.79. The van der Waals surface area contributed by atoms with E-state index >= 15 is 0 Å². The third-order valence-corrected chi connectivity index (χ3v) is 4.98. The molecule has 21 heavy (non-hydrogen) atoms. The summed E-state index contributed by atoms with van der Waals surface area (Å²) in [5.41, 5.74) is 1.31. The number of aryl methyl sites for hydroxylation is 2. The van der Waals surface area contributed by atoms with E-state index in [-0.39, 0.29) is 6.42 Å². The van der Waals surface area contributed by atoms with Gasteiger partial charge in [0.2, 0.25) is 0 Å². The van der Waals surface area contributed by atoms with Gasteiger partial charge in [0.05, 0.1) is 18.1 Å². The van der Waals surface area contributed by atoms with Gasteiger partial charge in [-0.05, 0) is 38.2 Å². The molecule has 7 heteroatoms. The Balaban J connectivity index is 2.24. The van der Waals surface area contributed by atoms with E-state index in [4.69, 9.17) is 5.26 Å². The van der Waals surface area contributed by atoms with Gasteiger partial charge in [0.1, 0.15) is 10.8 Å². The highest BCUT2D eigenvalue weighted by Gasteiger charge is 2.28. The molecule has 1 aliphatic rings. The summed E-state index contributed by atoms with van der Waals surface area (Å²) in [6.45, 7) is 1.78. The van der Waals surface area contributed by atoms with Crippen LogP contribution in [-0.4, -0.2) is 25.8 Å². The molecule has 2 aromatic rings. The van der Waals surface area contributed by atoms with Crippen molar-refractivity contribution in [2.45, 2.75) is 39.0 Å². The quantitative estimate of drug-likeness (QED) is 0.939. The lowest BCUT2D eigenvalue weighted by molar-refractivity contribution is 0.0696. The fourth-order valence-electron chi connectivity index (χ4n) is 2.79. The van der Waals surface area contributed by atoms with E-state index in [1.54, 1.807) is 11.5 Å². The summed E-state index contributed by atoms with van der Waals surface area (Å²) in [6, 6.07) is 2.05. The first kappa shape index (κ1) is 13.8. The predicted molar refractivity (Wildman–Crippen MR) is 76.9 cm³/mol. The van der Waals surface area contributed by atoms with Crippen LogP contribution in [0.15, 0.2) is 0 Å². The Morgan fingerprint density at radius 2 is 2.19 bits per heavy atom. The molecule has 0 aliphatic heterocycles. The van der Waals surface area contributed by atoms with Gasteiger partial charge in [-0.25, -0.2) is 4.79 Å². The molecule has 2 aromatic heterocycles. The van der Waals surface area contributed by atoms with Crippen molar-refractivity contribution >= 4 is 17.3 Å². The minimum absolute atomic E-state index is 0.114. The van der Waals surface area contributed by atoms with E-state index < -0.39 is 5.97 Å². The summed E-state index contributed by atoms with van der Waals surface area (Å²) in [6.07, 6.45) is 3.97. The summed E-state index contributed by atoms with van der Waals surface area (Å²) >= 11 is 1.49. The molecule has 6 nitrogen and oxygen atoms in total. The number of rotatable bonds is 3. The molecular weight excluding hydrogens is 288 g/mol. The average Bonchev–Trinajstić information content (AvgIpc) is 2.99. The van der Waals surface area contributed by atoms with Crippen LogP contribution in [0.2, 0.25) is 0 Å². The molecule has 0 atom stereocenters. The zero-order valence-electron chi connectivity index (χ0n) is 11.6. The molecule has 0 aromatic carbocycles. The van der Waals surface area contributed by atoms with Crippen LogP contribution in [0.25, 0.3) is 5.00 Å². The van der Waals surface area contributed by atoms with Gasteiger partial charge in [-0.2, -0.15) is 5.26 Å². The van der Waals surface area contributed by atoms with E-state index in [9.17, 15) is 9.90 Å². The molecule has 0 unspecified atom stereocenters. The van der Waals surface area contributed by atoms with Crippen LogP contribution >= 0.6 is 11.3 Å². The van der Waals surface area contributed by atoms with Crippen LogP contribution in [0.5, 0.6) is 0 Å². The van der Waals surface area contributed by atoms with Gasteiger partial charge in [0.25, 0.3) is 0 Å². The lowest BCUT2D eigenvalue weighted by Crippen LogP contribution is -2.10. The zero-order chi connectivity index (χ0) is 15.0. The molecule has 0 amide bonds. The van der Waals surface area contributed by atoms with Gasteiger partial charge in [0, 0.05) is 4.88 Å². The minimum atomic E-state index is -0.916. The van der Waals surface area contributed by atoms with E-state index in [2.05, 4.69) is 16.3 Å². The number of nitriles is 1. The van der Waals surface area contributed by atoms with Gasteiger partial charge in [-0.15, -0.1) is 21.5 Å². The van der Waals surface area contributed by atoms with Gasteiger partial charge in [0.15, 0.2) is 5.82 Å².